The van der Waals surface area contributed by atoms with Gasteiger partial charge in [-0.1, -0.05) is 83.8 Å². The van der Waals surface area contributed by atoms with E-state index in [9.17, 15) is 4.79 Å². The molecule has 42 heavy (non-hydrogen) atoms. The molecule has 0 radical (unpaired) electrons. The first-order chi connectivity index (χ1) is 20.6. The highest BCUT2D eigenvalue weighted by molar-refractivity contribution is 5.74. The Labute approximate surface area is 253 Å². The van der Waals surface area contributed by atoms with E-state index in [-0.39, 0.29) is 6.61 Å². The Morgan fingerprint density at radius 2 is 1.36 bits per heavy atom. The fourth-order valence-corrected chi connectivity index (χ4v) is 6.02. The van der Waals surface area contributed by atoms with E-state index in [0.29, 0.717) is 23.2 Å². The van der Waals surface area contributed by atoms with Crippen LogP contribution in [-0.4, -0.2) is 22.5 Å². The van der Waals surface area contributed by atoms with Crippen LogP contribution in [0.15, 0.2) is 60.9 Å². The van der Waals surface area contributed by atoms with Crippen molar-refractivity contribution in [3.05, 3.63) is 72.1 Å². The van der Waals surface area contributed by atoms with Gasteiger partial charge in [0.1, 0.15) is 11.5 Å². The summed E-state index contributed by atoms with van der Waals surface area (Å²) in [5.74, 6) is 2.97. The molecule has 0 amide bonds. The second-order valence-electron chi connectivity index (χ2n) is 12.0. The Balaban J connectivity index is 1.16. The predicted molar refractivity (Wildman–Crippen MR) is 171 cm³/mol. The van der Waals surface area contributed by atoms with Gasteiger partial charge in [-0.2, -0.15) is 0 Å². The maximum Gasteiger partial charge on any atom is 0.349 e. The molecule has 1 aliphatic rings. The maximum absolute atomic E-state index is 12.4. The summed E-state index contributed by atoms with van der Waals surface area (Å²) in [7, 11) is 0. The summed E-state index contributed by atoms with van der Waals surface area (Å²) >= 11 is 0. The van der Waals surface area contributed by atoms with Gasteiger partial charge in [-0.05, 0) is 97.9 Å². The van der Waals surface area contributed by atoms with Crippen molar-refractivity contribution in [2.75, 3.05) is 6.61 Å². The van der Waals surface area contributed by atoms with E-state index in [1.54, 1.807) is 12.1 Å². The van der Waals surface area contributed by atoms with Crippen molar-refractivity contribution in [1.29, 1.82) is 0 Å². The lowest BCUT2D eigenvalue weighted by atomic mass is 9.77. The van der Waals surface area contributed by atoms with Crippen LogP contribution in [0.4, 0.5) is 0 Å². The molecule has 1 saturated carbocycles. The number of carbonyl (C=O) groups excluding carboxylic acids is 1. The van der Waals surface area contributed by atoms with E-state index in [0.717, 1.165) is 17.9 Å². The molecule has 0 aliphatic heterocycles. The van der Waals surface area contributed by atoms with Crippen molar-refractivity contribution in [2.45, 2.75) is 116 Å². The highest BCUT2D eigenvalue weighted by atomic mass is 16.6. The van der Waals surface area contributed by atoms with Crippen LogP contribution in [0.25, 0.3) is 11.4 Å². The number of hydrogen-bond donors (Lipinski definition) is 0. The number of aryl methyl sites for hydroxylation is 1. The second-order valence-corrected chi connectivity index (χ2v) is 12.0. The van der Waals surface area contributed by atoms with Crippen LogP contribution in [0.2, 0.25) is 0 Å². The van der Waals surface area contributed by atoms with Crippen LogP contribution in [0.3, 0.4) is 0 Å². The van der Waals surface area contributed by atoms with Gasteiger partial charge in [0.2, 0.25) is 0 Å². The zero-order valence-corrected chi connectivity index (χ0v) is 25.9. The number of hydrogen-bond acceptors (Lipinski definition) is 5. The Kier molecular flexibility index (Phi) is 13.4. The van der Waals surface area contributed by atoms with E-state index < -0.39 is 5.97 Å². The lowest BCUT2D eigenvalue weighted by molar-refractivity contribution is -0.136. The van der Waals surface area contributed by atoms with E-state index in [1.165, 1.54) is 101 Å². The van der Waals surface area contributed by atoms with Gasteiger partial charge in [-0.15, -0.1) is 0 Å². The molecule has 3 aromatic rings. The number of ether oxygens (including phenoxy) is 2. The van der Waals surface area contributed by atoms with Gasteiger partial charge in [0.15, 0.2) is 12.4 Å². The van der Waals surface area contributed by atoms with Crippen molar-refractivity contribution in [2.24, 2.45) is 5.92 Å². The third-order valence-corrected chi connectivity index (χ3v) is 8.64. The van der Waals surface area contributed by atoms with Crippen LogP contribution in [0.5, 0.6) is 11.5 Å². The molecule has 1 aliphatic carbocycles. The minimum atomic E-state index is -0.427. The van der Waals surface area contributed by atoms with Gasteiger partial charge in [0.05, 0.1) is 0 Å². The highest BCUT2D eigenvalue weighted by Crippen LogP contribution is 2.38. The molecular weight excluding hydrogens is 520 g/mol. The number of nitrogens with zero attached hydrogens (tertiary/aromatic N) is 2. The first-order valence-electron chi connectivity index (χ1n) is 16.5. The van der Waals surface area contributed by atoms with Crippen molar-refractivity contribution >= 4 is 5.97 Å². The molecule has 226 valence electrons. The smallest absolute Gasteiger partial charge is 0.349 e. The quantitative estimate of drug-likeness (QED) is 0.0918. The van der Waals surface area contributed by atoms with E-state index in [4.69, 9.17) is 9.47 Å². The normalized spacial score (nSPS) is 16.7. The van der Waals surface area contributed by atoms with Gasteiger partial charge in [0.25, 0.3) is 0 Å². The topological polar surface area (TPSA) is 61.3 Å². The highest BCUT2D eigenvalue weighted by Gasteiger charge is 2.22. The van der Waals surface area contributed by atoms with Crippen LogP contribution in [0.1, 0.15) is 121 Å². The number of rotatable bonds is 17. The summed E-state index contributed by atoms with van der Waals surface area (Å²) in [6.07, 6.45) is 23.3. The third kappa shape index (κ3) is 10.6. The van der Waals surface area contributed by atoms with Gasteiger partial charge >= 0.3 is 5.97 Å². The van der Waals surface area contributed by atoms with Crippen molar-refractivity contribution in [3.8, 4) is 22.9 Å². The lowest BCUT2D eigenvalue weighted by Crippen LogP contribution is -2.17. The second kappa shape index (κ2) is 17.7. The number of unbranched alkanes of at least 4 members (excludes halogenated alkanes) is 7. The van der Waals surface area contributed by atoms with Crippen LogP contribution in [0, 0.1) is 5.92 Å². The third-order valence-electron chi connectivity index (χ3n) is 8.64. The fraction of sp³-hybridized carbons (Fsp3) is 0.541. The summed E-state index contributed by atoms with van der Waals surface area (Å²) in [6.45, 7) is 4.39. The fourth-order valence-electron chi connectivity index (χ4n) is 6.02. The summed E-state index contributed by atoms with van der Waals surface area (Å²) in [4.78, 5) is 21.5. The Hall–Kier alpha value is -3.21. The SMILES string of the molecule is CCCCCCCCc1cnc(-c2ccc(OC(=O)COc3ccc([C@H]4CC[C@H](CCCCC)CC4)cc3)cc2)nc1. The van der Waals surface area contributed by atoms with Gasteiger partial charge in [0, 0.05) is 18.0 Å². The number of aromatic nitrogens is 2. The van der Waals surface area contributed by atoms with Crippen molar-refractivity contribution in [1.82, 2.24) is 9.97 Å². The first kappa shape index (κ1) is 31.7. The van der Waals surface area contributed by atoms with Crippen LogP contribution in [-0.2, 0) is 11.2 Å². The Morgan fingerprint density at radius 1 is 0.738 bits per heavy atom. The Morgan fingerprint density at radius 3 is 2.05 bits per heavy atom. The molecule has 2 aromatic carbocycles. The molecule has 5 nitrogen and oxygen atoms in total. The minimum absolute atomic E-state index is 0.132. The van der Waals surface area contributed by atoms with E-state index in [1.807, 2.05) is 36.7 Å². The lowest BCUT2D eigenvalue weighted by Gasteiger charge is -2.29. The molecule has 0 bridgehead atoms. The van der Waals surface area contributed by atoms with Crippen LogP contribution >= 0.6 is 0 Å². The average Bonchev–Trinajstić information content (AvgIpc) is 3.03. The molecule has 0 saturated heterocycles. The van der Waals surface area contributed by atoms with Gasteiger partial charge < -0.3 is 9.47 Å². The summed E-state index contributed by atoms with van der Waals surface area (Å²) in [5.41, 5.74) is 3.45. The monoisotopic (exact) mass is 570 g/mol. The van der Waals surface area contributed by atoms with Crippen molar-refractivity contribution < 1.29 is 14.3 Å². The number of esters is 1. The molecule has 0 unspecified atom stereocenters. The minimum Gasteiger partial charge on any atom is -0.482 e. The zero-order valence-electron chi connectivity index (χ0n) is 25.9. The zero-order chi connectivity index (χ0) is 29.4. The molecule has 1 heterocycles. The van der Waals surface area contributed by atoms with Crippen LogP contribution < -0.4 is 9.47 Å². The molecular formula is C37H50N2O3. The standard InChI is InChI=1S/C37H50N2O3/c1-3-5-7-8-9-11-13-30-26-38-37(39-27-30)33-20-24-35(25-21-33)42-36(40)28-41-34-22-18-32(19-23-34)31-16-14-29(15-17-31)12-10-6-4-2/h18-27,29,31H,3-17,28H2,1-2H3/t29-,31-. The molecule has 0 atom stereocenters. The average molecular weight is 571 g/mol. The van der Waals surface area contributed by atoms with Gasteiger partial charge in [-0.25, -0.2) is 14.8 Å². The van der Waals surface area contributed by atoms with Crippen molar-refractivity contribution in [3.63, 3.8) is 0 Å². The van der Waals surface area contributed by atoms with E-state index >= 15 is 0 Å². The summed E-state index contributed by atoms with van der Waals surface area (Å²) in [5, 5.41) is 0. The number of benzene rings is 2. The molecule has 1 aromatic heterocycles. The predicted octanol–water partition coefficient (Wildman–Crippen LogP) is 9.89. The maximum atomic E-state index is 12.4. The Bertz CT molecular complexity index is 1170. The van der Waals surface area contributed by atoms with E-state index in [2.05, 4.69) is 35.9 Å². The summed E-state index contributed by atoms with van der Waals surface area (Å²) in [6, 6.07) is 15.6. The molecule has 5 heteroatoms. The largest absolute Gasteiger partial charge is 0.482 e. The summed E-state index contributed by atoms with van der Waals surface area (Å²) < 4.78 is 11.2. The first-order valence-corrected chi connectivity index (χ1v) is 16.5. The molecule has 4 rings (SSSR count). The molecule has 1 fully saturated rings. The number of carbonyl (C=O) groups is 1. The molecule has 0 N–H and O–H groups in total. The molecule has 0 spiro atoms. The van der Waals surface area contributed by atoms with Gasteiger partial charge in [-0.3, -0.25) is 0 Å².